The molecule has 1 unspecified atom stereocenters. The molecule has 2 aromatic carbocycles. The van der Waals surface area contributed by atoms with Crippen molar-refractivity contribution >= 4 is 12.4 Å². The van der Waals surface area contributed by atoms with E-state index in [4.69, 9.17) is 18.9 Å². The van der Waals surface area contributed by atoms with E-state index in [-0.39, 0.29) is 25.2 Å². The summed E-state index contributed by atoms with van der Waals surface area (Å²) in [7, 11) is 1.64. The molecule has 1 atom stereocenters. The number of benzene rings is 2. The molecule has 0 aliphatic carbocycles. The minimum absolute atomic E-state index is 0. The molecule has 0 amide bonds. The van der Waals surface area contributed by atoms with E-state index in [0.717, 1.165) is 36.6 Å². The smallest absolute Gasteiger partial charge is 0.231 e. The van der Waals surface area contributed by atoms with Crippen molar-refractivity contribution in [1.29, 1.82) is 0 Å². The SMILES string of the molecule is COc1cc(CNC2CCOc3ccccc32)cc2c1OCO2.Cl. The van der Waals surface area contributed by atoms with Crippen molar-refractivity contribution in [3.8, 4) is 23.0 Å². The number of nitrogens with one attached hydrogen (secondary N) is 1. The highest BCUT2D eigenvalue weighted by Crippen LogP contribution is 2.42. The van der Waals surface area contributed by atoms with Gasteiger partial charge in [0.25, 0.3) is 0 Å². The van der Waals surface area contributed by atoms with Gasteiger partial charge in [-0.2, -0.15) is 0 Å². The highest BCUT2D eigenvalue weighted by Gasteiger charge is 2.22. The molecular formula is C18H20ClNO4. The summed E-state index contributed by atoms with van der Waals surface area (Å²) in [4.78, 5) is 0. The first-order valence-electron chi connectivity index (χ1n) is 7.77. The Morgan fingerprint density at radius 3 is 2.88 bits per heavy atom. The molecule has 5 nitrogen and oxygen atoms in total. The van der Waals surface area contributed by atoms with Gasteiger partial charge in [0.15, 0.2) is 11.5 Å². The molecule has 0 saturated carbocycles. The first-order chi connectivity index (χ1) is 11.3. The van der Waals surface area contributed by atoms with Crippen molar-refractivity contribution in [3.63, 3.8) is 0 Å². The van der Waals surface area contributed by atoms with E-state index >= 15 is 0 Å². The zero-order chi connectivity index (χ0) is 15.6. The van der Waals surface area contributed by atoms with Crippen LogP contribution < -0.4 is 24.3 Å². The summed E-state index contributed by atoms with van der Waals surface area (Å²) in [5.41, 5.74) is 2.32. The molecule has 1 N–H and O–H groups in total. The molecular weight excluding hydrogens is 330 g/mol. The first kappa shape index (κ1) is 16.7. The predicted molar refractivity (Wildman–Crippen MR) is 92.5 cm³/mol. The highest BCUT2D eigenvalue weighted by molar-refractivity contribution is 5.85. The van der Waals surface area contributed by atoms with E-state index in [9.17, 15) is 0 Å². The van der Waals surface area contributed by atoms with Gasteiger partial charge in [-0.15, -0.1) is 12.4 Å². The fraction of sp³-hybridized carbons (Fsp3) is 0.333. The van der Waals surface area contributed by atoms with E-state index in [1.807, 2.05) is 30.3 Å². The lowest BCUT2D eigenvalue weighted by molar-refractivity contribution is 0.171. The monoisotopic (exact) mass is 349 g/mol. The molecule has 4 rings (SSSR count). The number of ether oxygens (including phenoxy) is 4. The number of para-hydroxylation sites is 1. The van der Waals surface area contributed by atoms with Crippen LogP contribution in [0.3, 0.4) is 0 Å². The summed E-state index contributed by atoms with van der Waals surface area (Å²) in [6, 6.07) is 12.5. The van der Waals surface area contributed by atoms with Gasteiger partial charge in [-0.25, -0.2) is 0 Å². The third kappa shape index (κ3) is 3.09. The summed E-state index contributed by atoms with van der Waals surface area (Å²) >= 11 is 0. The Bertz CT molecular complexity index is 722. The molecule has 0 radical (unpaired) electrons. The Labute approximate surface area is 147 Å². The Kier molecular flexibility index (Phi) is 5.02. The first-order valence-corrected chi connectivity index (χ1v) is 7.77. The Morgan fingerprint density at radius 1 is 1.12 bits per heavy atom. The number of hydrogen-bond acceptors (Lipinski definition) is 5. The highest BCUT2D eigenvalue weighted by atomic mass is 35.5. The number of hydrogen-bond donors (Lipinski definition) is 1. The number of rotatable bonds is 4. The summed E-state index contributed by atoms with van der Waals surface area (Å²) in [6.45, 7) is 1.71. The van der Waals surface area contributed by atoms with Gasteiger partial charge in [-0.3, -0.25) is 0 Å². The van der Waals surface area contributed by atoms with Gasteiger partial charge in [0.1, 0.15) is 5.75 Å². The minimum atomic E-state index is 0. The zero-order valence-corrected chi connectivity index (χ0v) is 14.2. The molecule has 0 fully saturated rings. The van der Waals surface area contributed by atoms with Crippen molar-refractivity contribution < 1.29 is 18.9 Å². The molecule has 6 heteroatoms. The van der Waals surface area contributed by atoms with Crippen LogP contribution >= 0.6 is 12.4 Å². The maximum Gasteiger partial charge on any atom is 0.231 e. The van der Waals surface area contributed by atoms with E-state index in [1.54, 1.807) is 7.11 Å². The van der Waals surface area contributed by atoms with Gasteiger partial charge < -0.3 is 24.3 Å². The standard InChI is InChI=1S/C18H19NO4.ClH/c1-20-16-8-12(9-17-18(16)23-11-22-17)10-19-14-6-7-21-15-5-3-2-4-13(14)15;/h2-5,8-9,14,19H,6-7,10-11H2,1H3;1H. The number of fused-ring (bicyclic) bond motifs is 2. The summed E-state index contributed by atoms with van der Waals surface area (Å²) < 4.78 is 22.0. The third-order valence-electron chi connectivity index (χ3n) is 4.23. The van der Waals surface area contributed by atoms with Gasteiger partial charge in [0.2, 0.25) is 12.5 Å². The molecule has 128 valence electrons. The number of halogens is 1. The second kappa shape index (κ2) is 7.20. The van der Waals surface area contributed by atoms with Crippen LogP contribution in [0.5, 0.6) is 23.0 Å². The fourth-order valence-electron chi connectivity index (χ4n) is 3.08. The van der Waals surface area contributed by atoms with E-state index < -0.39 is 0 Å². The van der Waals surface area contributed by atoms with Gasteiger partial charge in [-0.05, 0) is 23.8 Å². The van der Waals surface area contributed by atoms with Crippen LogP contribution in [-0.2, 0) is 6.54 Å². The normalized spacial score (nSPS) is 17.5. The maximum absolute atomic E-state index is 5.71. The fourth-order valence-corrected chi connectivity index (χ4v) is 3.08. The maximum atomic E-state index is 5.71. The van der Waals surface area contributed by atoms with Crippen LogP contribution in [0.15, 0.2) is 36.4 Å². The number of methoxy groups -OCH3 is 1. The van der Waals surface area contributed by atoms with Crippen LogP contribution in [0.4, 0.5) is 0 Å². The molecule has 2 aliphatic heterocycles. The van der Waals surface area contributed by atoms with E-state index in [2.05, 4.69) is 11.4 Å². The van der Waals surface area contributed by atoms with Gasteiger partial charge >= 0.3 is 0 Å². The van der Waals surface area contributed by atoms with Crippen LogP contribution in [-0.4, -0.2) is 20.5 Å². The minimum Gasteiger partial charge on any atom is -0.493 e. The molecule has 0 saturated heterocycles. The van der Waals surface area contributed by atoms with Crippen molar-refractivity contribution in [2.24, 2.45) is 0 Å². The van der Waals surface area contributed by atoms with Gasteiger partial charge in [0.05, 0.1) is 13.7 Å². The van der Waals surface area contributed by atoms with Crippen LogP contribution in [0.2, 0.25) is 0 Å². The molecule has 0 aromatic heterocycles. The Hall–Kier alpha value is -2.11. The average Bonchev–Trinajstić information content (AvgIpc) is 3.07. The summed E-state index contributed by atoms with van der Waals surface area (Å²) in [6.07, 6.45) is 0.957. The third-order valence-corrected chi connectivity index (χ3v) is 4.23. The van der Waals surface area contributed by atoms with E-state index in [1.165, 1.54) is 5.56 Å². The largest absolute Gasteiger partial charge is 0.493 e. The van der Waals surface area contributed by atoms with Crippen molar-refractivity contribution in [2.75, 3.05) is 20.5 Å². The molecule has 2 heterocycles. The molecule has 2 aliphatic rings. The van der Waals surface area contributed by atoms with E-state index in [0.29, 0.717) is 11.5 Å². The van der Waals surface area contributed by atoms with Crippen molar-refractivity contribution in [3.05, 3.63) is 47.5 Å². The lowest BCUT2D eigenvalue weighted by Crippen LogP contribution is -2.26. The van der Waals surface area contributed by atoms with Crippen LogP contribution in [0, 0.1) is 0 Å². The van der Waals surface area contributed by atoms with Crippen molar-refractivity contribution in [1.82, 2.24) is 5.32 Å². The van der Waals surface area contributed by atoms with Crippen molar-refractivity contribution in [2.45, 2.75) is 19.0 Å². The lowest BCUT2D eigenvalue weighted by atomic mass is 10.0. The topological polar surface area (TPSA) is 49.0 Å². The molecule has 0 spiro atoms. The molecule has 2 aromatic rings. The van der Waals surface area contributed by atoms with Crippen LogP contribution in [0.25, 0.3) is 0 Å². The summed E-state index contributed by atoms with van der Waals surface area (Å²) in [5.74, 6) is 3.12. The second-order valence-corrected chi connectivity index (χ2v) is 5.64. The quantitative estimate of drug-likeness (QED) is 0.916. The predicted octanol–water partition coefficient (Wildman–Crippen LogP) is 3.46. The van der Waals surface area contributed by atoms with Gasteiger partial charge in [0, 0.05) is 24.6 Å². The van der Waals surface area contributed by atoms with Crippen LogP contribution in [0.1, 0.15) is 23.6 Å². The average molecular weight is 350 g/mol. The second-order valence-electron chi connectivity index (χ2n) is 5.64. The zero-order valence-electron chi connectivity index (χ0n) is 13.4. The molecule has 0 bridgehead atoms. The lowest BCUT2D eigenvalue weighted by Gasteiger charge is -2.26. The summed E-state index contributed by atoms with van der Waals surface area (Å²) in [5, 5.41) is 3.60. The Morgan fingerprint density at radius 2 is 2.00 bits per heavy atom. The Balaban J connectivity index is 0.00000169. The van der Waals surface area contributed by atoms with Gasteiger partial charge in [-0.1, -0.05) is 18.2 Å². The molecule has 24 heavy (non-hydrogen) atoms.